The zero-order valence-corrected chi connectivity index (χ0v) is 20.5. The van der Waals surface area contributed by atoms with Crippen LogP contribution in [-0.4, -0.2) is 36.5 Å². The molecule has 0 heterocycles. The average Bonchev–Trinajstić information content (AvgIpc) is 2.86. The van der Waals surface area contributed by atoms with Gasteiger partial charge in [-0.2, -0.15) is 0 Å². The second kappa shape index (κ2) is 12.3. The number of halogens is 2. The molecular formula is C26H26Cl2N2O4. The summed E-state index contributed by atoms with van der Waals surface area (Å²) in [7, 11) is 1.59. The number of ether oxygens (including phenoxy) is 2. The van der Waals surface area contributed by atoms with Gasteiger partial charge in [-0.3, -0.25) is 9.59 Å². The van der Waals surface area contributed by atoms with Crippen molar-refractivity contribution >= 4 is 35.0 Å². The molecule has 1 N–H and O–H groups in total. The molecule has 0 saturated heterocycles. The van der Waals surface area contributed by atoms with Crippen LogP contribution in [0.2, 0.25) is 10.0 Å². The fraction of sp³-hybridized carbons (Fsp3) is 0.231. The highest BCUT2D eigenvalue weighted by atomic mass is 35.5. The topological polar surface area (TPSA) is 67.9 Å². The summed E-state index contributed by atoms with van der Waals surface area (Å²) in [6, 6.07) is 20.7. The maximum absolute atomic E-state index is 13.2. The van der Waals surface area contributed by atoms with Gasteiger partial charge in [0.15, 0.2) is 6.61 Å². The lowest BCUT2D eigenvalue weighted by Gasteiger charge is -2.29. The van der Waals surface area contributed by atoms with Crippen molar-refractivity contribution in [3.05, 3.63) is 94.0 Å². The number of amides is 2. The SMILES string of the molecule is COc1ccc(CN(C(=O)COc2ccccc2Cl)[C@H](C)C(=O)NCc2ccccc2Cl)cc1. The molecule has 0 bridgehead atoms. The van der Waals surface area contributed by atoms with Crippen LogP contribution in [0.25, 0.3) is 0 Å². The number of para-hydroxylation sites is 1. The van der Waals surface area contributed by atoms with E-state index in [1.54, 1.807) is 56.5 Å². The van der Waals surface area contributed by atoms with Crippen molar-refractivity contribution in [1.29, 1.82) is 0 Å². The van der Waals surface area contributed by atoms with Crippen molar-refractivity contribution in [2.45, 2.75) is 26.1 Å². The highest BCUT2D eigenvalue weighted by Gasteiger charge is 2.26. The lowest BCUT2D eigenvalue weighted by atomic mass is 10.1. The van der Waals surface area contributed by atoms with Gasteiger partial charge in [0.1, 0.15) is 17.5 Å². The molecule has 2 amide bonds. The third-order valence-corrected chi connectivity index (χ3v) is 5.96. The van der Waals surface area contributed by atoms with Crippen molar-refractivity contribution in [3.8, 4) is 11.5 Å². The number of carbonyl (C=O) groups excluding carboxylic acids is 2. The molecule has 0 saturated carbocycles. The molecule has 0 radical (unpaired) electrons. The number of rotatable bonds is 10. The number of carbonyl (C=O) groups is 2. The normalized spacial score (nSPS) is 11.4. The van der Waals surface area contributed by atoms with E-state index in [9.17, 15) is 9.59 Å². The van der Waals surface area contributed by atoms with E-state index in [0.29, 0.717) is 21.5 Å². The van der Waals surface area contributed by atoms with Gasteiger partial charge in [0, 0.05) is 18.1 Å². The Hall–Kier alpha value is -3.22. The Labute approximate surface area is 209 Å². The minimum Gasteiger partial charge on any atom is -0.497 e. The molecule has 3 aromatic carbocycles. The van der Waals surface area contributed by atoms with E-state index in [-0.39, 0.29) is 31.5 Å². The van der Waals surface area contributed by atoms with E-state index in [4.69, 9.17) is 32.7 Å². The van der Waals surface area contributed by atoms with E-state index < -0.39 is 6.04 Å². The fourth-order valence-electron chi connectivity index (χ4n) is 3.27. The van der Waals surface area contributed by atoms with Crippen LogP contribution in [0.4, 0.5) is 0 Å². The maximum Gasteiger partial charge on any atom is 0.261 e. The first kappa shape index (κ1) is 25.4. The number of hydrogen-bond donors (Lipinski definition) is 1. The van der Waals surface area contributed by atoms with Gasteiger partial charge in [0.25, 0.3) is 5.91 Å². The van der Waals surface area contributed by atoms with Gasteiger partial charge in [-0.15, -0.1) is 0 Å². The Morgan fingerprint density at radius 1 is 0.941 bits per heavy atom. The molecule has 8 heteroatoms. The summed E-state index contributed by atoms with van der Waals surface area (Å²) >= 11 is 12.3. The smallest absolute Gasteiger partial charge is 0.261 e. The number of methoxy groups -OCH3 is 1. The molecule has 3 aromatic rings. The summed E-state index contributed by atoms with van der Waals surface area (Å²) in [5, 5.41) is 3.83. The van der Waals surface area contributed by atoms with Gasteiger partial charge in [0.2, 0.25) is 5.91 Å². The number of nitrogens with one attached hydrogen (secondary N) is 1. The highest BCUT2D eigenvalue weighted by molar-refractivity contribution is 6.32. The second-order valence-corrected chi connectivity index (χ2v) is 8.39. The summed E-state index contributed by atoms with van der Waals surface area (Å²) in [4.78, 5) is 27.6. The third kappa shape index (κ3) is 6.89. The number of nitrogens with zero attached hydrogens (tertiary/aromatic N) is 1. The van der Waals surface area contributed by atoms with E-state index in [2.05, 4.69) is 5.32 Å². The van der Waals surface area contributed by atoms with Crippen LogP contribution in [0.3, 0.4) is 0 Å². The average molecular weight is 501 g/mol. The van der Waals surface area contributed by atoms with Crippen LogP contribution in [0.5, 0.6) is 11.5 Å². The van der Waals surface area contributed by atoms with Crippen LogP contribution in [0.1, 0.15) is 18.1 Å². The van der Waals surface area contributed by atoms with Crippen molar-refractivity contribution < 1.29 is 19.1 Å². The van der Waals surface area contributed by atoms with Gasteiger partial charge in [-0.25, -0.2) is 0 Å². The van der Waals surface area contributed by atoms with Crippen LogP contribution in [-0.2, 0) is 22.7 Å². The maximum atomic E-state index is 13.2. The Bertz CT molecular complexity index is 1120. The molecule has 3 rings (SSSR count). The molecular weight excluding hydrogens is 475 g/mol. The minimum absolute atomic E-state index is 0.218. The minimum atomic E-state index is -0.757. The Morgan fingerprint density at radius 3 is 2.24 bits per heavy atom. The lowest BCUT2D eigenvalue weighted by molar-refractivity contribution is -0.142. The molecule has 0 aliphatic heterocycles. The standard InChI is InChI=1S/C26H26Cl2N2O4/c1-18(26(32)29-15-20-7-3-4-8-22(20)27)30(16-19-11-13-21(33-2)14-12-19)25(31)17-34-24-10-6-5-9-23(24)28/h3-14,18H,15-17H2,1-2H3,(H,29,32)/t18-/m1/s1. The Kier molecular flexibility index (Phi) is 9.19. The fourth-order valence-corrected chi connectivity index (χ4v) is 3.66. The molecule has 1 atom stereocenters. The van der Waals surface area contributed by atoms with Crippen molar-refractivity contribution in [2.75, 3.05) is 13.7 Å². The van der Waals surface area contributed by atoms with Crippen molar-refractivity contribution in [2.24, 2.45) is 0 Å². The summed E-state index contributed by atoms with van der Waals surface area (Å²) in [5.74, 6) is 0.447. The Balaban J connectivity index is 1.73. The highest BCUT2D eigenvalue weighted by Crippen LogP contribution is 2.23. The predicted octanol–water partition coefficient (Wildman–Crippen LogP) is 5.11. The molecule has 0 aliphatic rings. The summed E-state index contributed by atoms with van der Waals surface area (Å²) < 4.78 is 10.8. The first-order valence-electron chi connectivity index (χ1n) is 10.7. The van der Waals surface area contributed by atoms with Crippen LogP contribution in [0.15, 0.2) is 72.8 Å². The zero-order valence-electron chi connectivity index (χ0n) is 19.0. The Morgan fingerprint density at radius 2 is 1.59 bits per heavy atom. The number of benzene rings is 3. The summed E-state index contributed by atoms with van der Waals surface area (Å²) in [5.41, 5.74) is 1.64. The van der Waals surface area contributed by atoms with E-state index in [0.717, 1.165) is 11.1 Å². The van der Waals surface area contributed by atoms with Gasteiger partial charge < -0.3 is 19.7 Å². The lowest BCUT2D eigenvalue weighted by Crippen LogP contribution is -2.48. The molecule has 0 aliphatic carbocycles. The molecule has 34 heavy (non-hydrogen) atoms. The van der Waals surface area contributed by atoms with E-state index in [1.807, 2.05) is 30.3 Å². The first-order valence-corrected chi connectivity index (χ1v) is 11.5. The van der Waals surface area contributed by atoms with Crippen molar-refractivity contribution in [3.63, 3.8) is 0 Å². The van der Waals surface area contributed by atoms with Gasteiger partial charge in [0.05, 0.1) is 12.1 Å². The second-order valence-electron chi connectivity index (χ2n) is 7.57. The van der Waals surface area contributed by atoms with E-state index in [1.165, 1.54) is 4.90 Å². The van der Waals surface area contributed by atoms with Gasteiger partial charge in [-0.05, 0) is 48.4 Å². The zero-order chi connectivity index (χ0) is 24.5. The van der Waals surface area contributed by atoms with Crippen molar-refractivity contribution in [1.82, 2.24) is 10.2 Å². The largest absolute Gasteiger partial charge is 0.497 e. The molecule has 0 fully saturated rings. The van der Waals surface area contributed by atoms with Gasteiger partial charge in [-0.1, -0.05) is 65.7 Å². The molecule has 178 valence electrons. The van der Waals surface area contributed by atoms with Crippen LogP contribution >= 0.6 is 23.2 Å². The van der Waals surface area contributed by atoms with Gasteiger partial charge >= 0.3 is 0 Å². The van der Waals surface area contributed by atoms with Crippen LogP contribution < -0.4 is 14.8 Å². The monoisotopic (exact) mass is 500 g/mol. The third-order valence-electron chi connectivity index (χ3n) is 5.28. The summed E-state index contributed by atoms with van der Waals surface area (Å²) in [6.45, 7) is 1.89. The number of hydrogen-bond acceptors (Lipinski definition) is 4. The molecule has 0 spiro atoms. The van der Waals surface area contributed by atoms with Crippen LogP contribution in [0, 0.1) is 0 Å². The van der Waals surface area contributed by atoms with E-state index >= 15 is 0 Å². The quantitative estimate of drug-likeness (QED) is 0.419. The molecule has 6 nitrogen and oxygen atoms in total. The predicted molar refractivity (Wildman–Crippen MR) is 133 cm³/mol. The molecule has 0 unspecified atom stereocenters. The molecule has 0 aromatic heterocycles. The summed E-state index contributed by atoms with van der Waals surface area (Å²) in [6.07, 6.45) is 0. The first-order chi connectivity index (χ1) is 16.4.